The summed E-state index contributed by atoms with van der Waals surface area (Å²) in [6, 6.07) is 16.4. The van der Waals surface area contributed by atoms with Gasteiger partial charge in [-0.1, -0.05) is 90.4 Å². The fourth-order valence-electron chi connectivity index (χ4n) is 6.01. The molecule has 1 unspecified atom stereocenters. The maximum Gasteiger partial charge on any atom is 0.290 e. The molecule has 0 aromatic heterocycles. The summed E-state index contributed by atoms with van der Waals surface area (Å²) in [5.41, 5.74) is 16.1. The van der Waals surface area contributed by atoms with Crippen molar-refractivity contribution in [3.63, 3.8) is 0 Å². The number of aryl methyl sites for hydroxylation is 5. The van der Waals surface area contributed by atoms with E-state index in [1.165, 1.54) is 89.1 Å². The van der Waals surface area contributed by atoms with Crippen LogP contribution in [0.15, 0.2) is 55.6 Å². The molecule has 4 rings (SSSR count). The molecule has 4 nitrogen and oxygen atoms in total. The third-order valence-electron chi connectivity index (χ3n) is 8.88. The third kappa shape index (κ3) is 16.6. The van der Waals surface area contributed by atoms with Crippen LogP contribution in [0.2, 0.25) is 0 Å². The van der Waals surface area contributed by atoms with Gasteiger partial charge in [-0.2, -0.15) is 0 Å². The summed E-state index contributed by atoms with van der Waals surface area (Å²) in [6.45, 7) is 35.4. The Bertz CT molecular complexity index is 1330. The van der Waals surface area contributed by atoms with Crippen molar-refractivity contribution >= 4 is 12.8 Å². The predicted molar refractivity (Wildman–Crippen MR) is 213 cm³/mol. The van der Waals surface area contributed by atoms with Crippen molar-refractivity contribution in [1.29, 1.82) is 0 Å². The molecule has 0 bridgehead atoms. The maximum absolute atomic E-state index is 8.81. The zero-order valence-electron chi connectivity index (χ0n) is 33.5. The minimum atomic E-state index is -0.250. The van der Waals surface area contributed by atoms with Gasteiger partial charge in [0.15, 0.2) is 0 Å². The molecule has 4 heteroatoms. The summed E-state index contributed by atoms with van der Waals surface area (Å²) >= 11 is 0. The molecule has 3 aromatic rings. The van der Waals surface area contributed by atoms with E-state index in [4.69, 9.17) is 19.4 Å². The number of benzene rings is 3. The van der Waals surface area contributed by atoms with Crippen LogP contribution < -0.4 is 0 Å². The number of unbranched alkanes of at least 4 members (excludes halogenated alkanes) is 1. The molecule has 0 aliphatic heterocycles. The molecule has 3 aromatic carbocycles. The lowest BCUT2D eigenvalue weighted by Crippen LogP contribution is -2.21. The second-order valence-corrected chi connectivity index (χ2v) is 13.4. The van der Waals surface area contributed by atoms with Gasteiger partial charge in [0.25, 0.3) is 6.47 Å². The summed E-state index contributed by atoms with van der Waals surface area (Å²) in [6.07, 6.45) is 8.32. The molecule has 0 radical (unpaired) electrons. The summed E-state index contributed by atoms with van der Waals surface area (Å²) in [4.78, 5) is 17.2. The van der Waals surface area contributed by atoms with E-state index in [2.05, 4.69) is 125 Å². The number of ether oxygens (including phenoxy) is 1. The van der Waals surface area contributed by atoms with Crippen LogP contribution in [0.4, 0.5) is 0 Å². The van der Waals surface area contributed by atoms with E-state index in [1.807, 2.05) is 13.8 Å². The second kappa shape index (κ2) is 26.4. The lowest BCUT2D eigenvalue weighted by Gasteiger charge is -2.34. The average Bonchev–Trinajstić information content (AvgIpc) is 3.08. The number of hydrogen-bond donors (Lipinski definition) is 1. The van der Waals surface area contributed by atoms with Gasteiger partial charge < -0.3 is 14.6 Å². The van der Waals surface area contributed by atoms with E-state index in [0.717, 1.165) is 25.9 Å². The van der Waals surface area contributed by atoms with Crippen LogP contribution in [0.3, 0.4) is 0 Å². The molecular weight excluding hydrogens is 604 g/mol. The summed E-state index contributed by atoms with van der Waals surface area (Å²) in [7, 11) is 0. The first-order valence-corrected chi connectivity index (χ1v) is 18.1. The lowest BCUT2D eigenvalue weighted by molar-refractivity contribution is -0.122. The zero-order chi connectivity index (χ0) is 38.2. The largest absolute Gasteiger partial charge is 0.483 e. The topological polar surface area (TPSA) is 63.6 Å². The zero-order valence-corrected chi connectivity index (χ0v) is 33.5. The van der Waals surface area contributed by atoms with Crippen molar-refractivity contribution in [1.82, 2.24) is 0 Å². The smallest absolute Gasteiger partial charge is 0.290 e. The highest BCUT2D eigenvalue weighted by atomic mass is 16.5. The van der Waals surface area contributed by atoms with Crippen molar-refractivity contribution in [2.24, 2.45) is 5.41 Å². The summed E-state index contributed by atoms with van der Waals surface area (Å²) in [5, 5.41) is 6.89. The number of carboxylic acid groups (broad SMARTS) is 1. The Hall–Kier alpha value is -3.50. The first-order valence-electron chi connectivity index (χ1n) is 18.1. The van der Waals surface area contributed by atoms with E-state index < -0.39 is 0 Å². The van der Waals surface area contributed by atoms with Gasteiger partial charge in [0.05, 0.1) is 6.61 Å². The van der Waals surface area contributed by atoms with E-state index in [1.54, 1.807) is 11.1 Å². The number of carbonyl (C=O) groups is 2. The molecule has 1 atom stereocenters. The van der Waals surface area contributed by atoms with Gasteiger partial charge in [0.2, 0.25) is 0 Å². The number of carbonyl (C=O) groups excluding carboxylic acids is 1. The van der Waals surface area contributed by atoms with Crippen LogP contribution in [0.25, 0.3) is 0 Å². The van der Waals surface area contributed by atoms with E-state index >= 15 is 0 Å². The molecule has 49 heavy (non-hydrogen) atoms. The second-order valence-electron chi connectivity index (χ2n) is 13.4. The Balaban J connectivity index is 0. The summed E-state index contributed by atoms with van der Waals surface area (Å²) in [5.74, 6) is 0.448. The molecular formula is C45H70O4. The quantitative estimate of drug-likeness (QED) is 0.154. The van der Waals surface area contributed by atoms with Crippen LogP contribution in [0.5, 0.6) is 0 Å². The Labute approximate surface area is 301 Å². The van der Waals surface area contributed by atoms with Gasteiger partial charge in [-0.3, -0.25) is 4.79 Å². The fourth-order valence-corrected chi connectivity index (χ4v) is 6.01. The molecule has 1 aliphatic carbocycles. The van der Waals surface area contributed by atoms with E-state index in [-0.39, 0.29) is 11.9 Å². The van der Waals surface area contributed by atoms with Crippen LogP contribution in [-0.2, 0) is 33.8 Å². The minimum absolute atomic E-state index is 0.204. The average molecular weight is 675 g/mol. The van der Waals surface area contributed by atoms with Crippen molar-refractivity contribution in [3.8, 4) is 0 Å². The normalized spacial score (nSPS) is 11.8. The summed E-state index contributed by atoms with van der Waals surface area (Å²) < 4.78 is 5.61. The highest BCUT2D eigenvalue weighted by molar-refractivity contribution is 5.47. The monoisotopic (exact) mass is 675 g/mol. The number of fused-ring (bicyclic) bond motifs is 1. The maximum atomic E-state index is 8.81. The number of hydrogen-bond acceptors (Lipinski definition) is 3. The van der Waals surface area contributed by atoms with Gasteiger partial charge in [0.1, 0.15) is 6.29 Å². The van der Waals surface area contributed by atoms with E-state index in [9.17, 15) is 0 Å². The first kappa shape index (κ1) is 47.6. The van der Waals surface area contributed by atoms with Gasteiger partial charge in [-0.15, -0.1) is 13.2 Å². The van der Waals surface area contributed by atoms with E-state index in [0.29, 0.717) is 5.92 Å². The lowest BCUT2D eigenvalue weighted by atomic mass is 9.70. The van der Waals surface area contributed by atoms with Crippen LogP contribution >= 0.6 is 0 Å². The van der Waals surface area contributed by atoms with Crippen molar-refractivity contribution in [2.45, 2.75) is 141 Å². The Morgan fingerprint density at radius 3 is 1.80 bits per heavy atom. The van der Waals surface area contributed by atoms with Crippen LogP contribution in [0.1, 0.15) is 141 Å². The van der Waals surface area contributed by atoms with Gasteiger partial charge in [-0.05, 0) is 147 Å². The SMILES string of the molecule is C=C.CC.CC=O.CCCCOCc1cc(C)c(C)c(C)c1.Cc1ccc(C(c2ccc3c(c2)CCCC3)C(C)(C)C)c(C)c1C.O=CO. The highest BCUT2D eigenvalue weighted by Crippen LogP contribution is 2.43. The van der Waals surface area contributed by atoms with Crippen LogP contribution in [0, 0.1) is 47.0 Å². The molecule has 0 spiro atoms. The van der Waals surface area contributed by atoms with Gasteiger partial charge >= 0.3 is 0 Å². The van der Waals surface area contributed by atoms with Gasteiger partial charge in [-0.25, -0.2) is 0 Å². The molecule has 1 N–H and O–H groups in total. The molecule has 0 saturated carbocycles. The molecule has 1 aliphatic rings. The number of rotatable bonds is 7. The molecule has 0 amide bonds. The molecule has 274 valence electrons. The van der Waals surface area contributed by atoms with Crippen LogP contribution in [-0.4, -0.2) is 24.5 Å². The minimum Gasteiger partial charge on any atom is -0.483 e. The first-order chi connectivity index (χ1) is 23.3. The predicted octanol–water partition coefficient (Wildman–Crippen LogP) is 12.3. The molecule has 0 saturated heterocycles. The third-order valence-corrected chi connectivity index (χ3v) is 8.88. The Morgan fingerprint density at radius 1 is 0.796 bits per heavy atom. The Morgan fingerprint density at radius 2 is 1.31 bits per heavy atom. The molecule has 0 fully saturated rings. The van der Waals surface area contributed by atoms with Gasteiger partial charge in [0, 0.05) is 12.5 Å². The highest BCUT2D eigenvalue weighted by Gasteiger charge is 2.30. The Kier molecular flexibility index (Phi) is 25.6. The van der Waals surface area contributed by atoms with Crippen molar-refractivity contribution < 1.29 is 19.4 Å². The standard InChI is InChI=1S/C24H32.C14H22O.C2H4O.C2H6.C2H4.CH2O2/c1-16-11-14-22(18(3)17(16)2)23(24(4,5)6)21-13-12-19-9-7-8-10-20(19)15-21;1-5-6-7-15-10-14-8-11(2)13(4)12(3)9-14;1-2-3;2*1-2;2-1-3/h11-15,23H,7-10H2,1-6H3;8-9H,5-7,10H2,1-4H3;2H,1H3;1-2H3;1-2H2;1H,(H,2,3). The van der Waals surface area contributed by atoms with Crippen molar-refractivity contribution in [3.05, 3.63) is 117 Å². The molecule has 0 heterocycles. The fraction of sp³-hybridized carbons (Fsp3) is 0.511. The number of aldehydes is 1. The van der Waals surface area contributed by atoms with Crippen molar-refractivity contribution in [2.75, 3.05) is 6.61 Å².